The summed E-state index contributed by atoms with van der Waals surface area (Å²) in [6, 6.07) is 5.04. The minimum atomic E-state index is -0.994. The van der Waals surface area contributed by atoms with Gasteiger partial charge < -0.3 is 0 Å². The molecule has 0 unspecified atom stereocenters. The SMILES string of the molecule is CC(C)(C#N)c1cc(F)ccc1F. The molecule has 0 aliphatic carbocycles. The molecular weight excluding hydrogens is 172 g/mol. The van der Waals surface area contributed by atoms with Crippen molar-refractivity contribution in [3.8, 4) is 6.07 Å². The zero-order valence-corrected chi connectivity index (χ0v) is 7.44. The fourth-order valence-corrected chi connectivity index (χ4v) is 1.04. The summed E-state index contributed by atoms with van der Waals surface area (Å²) < 4.78 is 25.9. The molecule has 0 amide bonds. The van der Waals surface area contributed by atoms with Crippen molar-refractivity contribution in [2.24, 2.45) is 0 Å². The summed E-state index contributed by atoms with van der Waals surface area (Å²) in [5.74, 6) is -1.08. The number of rotatable bonds is 1. The lowest BCUT2D eigenvalue weighted by atomic mass is 9.86. The summed E-state index contributed by atoms with van der Waals surface area (Å²) in [6.07, 6.45) is 0. The van der Waals surface area contributed by atoms with Crippen LogP contribution < -0.4 is 0 Å². The lowest BCUT2D eigenvalue weighted by molar-refractivity contribution is 0.547. The highest BCUT2D eigenvalue weighted by Crippen LogP contribution is 2.25. The van der Waals surface area contributed by atoms with Crippen molar-refractivity contribution in [1.29, 1.82) is 5.26 Å². The molecule has 0 aliphatic rings. The fourth-order valence-electron chi connectivity index (χ4n) is 1.04. The molecule has 0 atom stereocenters. The first kappa shape index (κ1) is 9.66. The third-order valence-electron chi connectivity index (χ3n) is 1.88. The minimum Gasteiger partial charge on any atom is -0.207 e. The number of nitrogens with zero attached hydrogens (tertiary/aromatic N) is 1. The number of hydrogen-bond donors (Lipinski definition) is 0. The van der Waals surface area contributed by atoms with E-state index >= 15 is 0 Å². The molecular formula is C10H9F2N. The first-order valence-electron chi connectivity index (χ1n) is 3.84. The van der Waals surface area contributed by atoms with Crippen molar-refractivity contribution in [2.75, 3.05) is 0 Å². The summed E-state index contributed by atoms with van der Waals surface area (Å²) >= 11 is 0. The van der Waals surface area contributed by atoms with Gasteiger partial charge in [-0.3, -0.25) is 0 Å². The molecule has 13 heavy (non-hydrogen) atoms. The molecule has 0 radical (unpaired) electrons. The van der Waals surface area contributed by atoms with E-state index in [-0.39, 0.29) is 5.56 Å². The molecule has 0 aliphatic heterocycles. The molecule has 1 nitrogen and oxygen atoms in total. The number of halogens is 2. The Labute approximate surface area is 75.6 Å². The third kappa shape index (κ3) is 1.83. The van der Waals surface area contributed by atoms with E-state index in [0.29, 0.717) is 0 Å². The molecule has 0 spiro atoms. The number of nitriles is 1. The molecule has 0 heterocycles. The molecule has 68 valence electrons. The van der Waals surface area contributed by atoms with Gasteiger partial charge in [-0.1, -0.05) is 0 Å². The van der Waals surface area contributed by atoms with Gasteiger partial charge in [-0.15, -0.1) is 0 Å². The Balaban J connectivity index is 3.30. The summed E-state index contributed by atoms with van der Waals surface area (Å²) in [4.78, 5) is 0. The summed E-state index contributed by atoms with van der Waals surface area (Å²) in [6.45, 7) is 3.09. The Hall–Kier alpha value is -1.43. The van der Waals surface area contributed by atoms with E-state index in [4.69, 9.17) is 5.26 Å². The van der Waals surface area contributed by atoms with Crippen LogP contribution in [0.4, 0.5) is 8.78 Å². The van der Waals surface area contributed by atoms with E-state index in [9.17, 15) is 8.78 Å². The molecule has 1 rings (SSSR count). The Morgan fingerprint density at radius 1 is 1.31 bits per heavy atom. The molecule has 0 saturated carbocycles. The topological polar surface area (TPSA) is 23.8 Å². The second kappa shape index (κ2) is 3.14. The number of hydrogen-bond acceptors (Lipinski definition) is 1. The lowest BCUT2D eigenvalue weighted by Gasteiger charge is -2.16. The Morgan fingerprint density at radius 3 is 2.46 bits per heavy atom. The van der Waals surface area contributed by atoms with Crippen LogP contribution in [0.2, 0.25) is 0 Å². The van der Waals surface area contributed by atoms with Crippen molar-refractivity contribution < 1.29 is 8.78 Å². The van der Waals surface area contributed by atoms with Gasteiger partial charge in [-0.05, 0) is 32.0 Å². The highest BCUT2D eigenvalue weighted by Gasteiger charge is 2.23. The van der Waals surface area contributed by atoms with Crippen LogP contribution in [0.15, 0.2) is 18.2 Å². The molecule has 1 aromatic rings. The first-order chi connectivity index (χ1) is 5.97. The van der Waals surface area contributed by atoms with Crippen LogP contribution in [0.5, 0.6) is 0 Å². The number of benzene rings is 1. The first-order valence-corrected chi connectivity index (χ1v) is 3.84. The van der Waals surface area contributed by atoms with Crippen LogP contribution in [0.3, 0.4) is 0 Å². The van der Waals surface area contributed by atoms with Crippen LogP contribution in [0.1, 0.15) is 19.4 Å². The second-order valence-electron chi connectivity index (χ2n) is 3.36. The van der Waals surface area contributed by atoms with E-state index in [0.717, 1.165) is 18.2 Å². The van der Waals surface area contributed by atoms with E-state index in [1.54, 1.807) is 13.8 Å². The molecule has 0 aromatic heterocycles. The van der Waals surface area contributed by atoms with E-state index in [1.807, 2.05) is 6.07 Å². The van der Waals surface area contributed by atoms with Gasteiger partial charge in [0.1, 0.15) is 11.6 Å². The zero-order valence-electron chi connectivity index (χ0n) is 7.44. The molecule has 0 saturated heterocycles. The maximum absolute atomic E-state index is 13.1. The maximum Gasteiger partial charge on any atom is 0.128 e. The van der Waals surface area contributed by atoms with Gasteiger partial charge in [-0.2, -0.15) is 5.26 Å². The van der Waals surface area contributed by atoms with Gasteiger partial charge in [0, 0.05) is 5.56 Å². The van der Waals surface area contributed by atoms with E-state index in [2.05, 4.69) is 0 Å². The maximum atomic E-state index is 13.1. The molecule has 3 heteroatoms. The van der Waals surface area contributed by atoms with Crippen LogP contribution in [-0.2, 0) is 5.41 Å². The minimum absolute atomic E-state index is 0.0926. The van der Waals surface area contributed by atoms with Crippen molar-refractivity contribution in [1.82, 2.24) is 0 Å². The van der Waals surface area contributed by atoms with Crippen LogP contribution in [-0.4, -0.2) is 0 Å². The zero-order chi connectivity index (χ0) is 10.1. The average molecular weight is 181 g/mol. The predicted octanol–water partition coefficient (Wildman–Crippen LogP) is 2.77. The van der Waals surface area contributed by atoms with Crippen LogP contribution in [0.25, 0.3) is 0 Å². The molecule has 0 N–H and O–H groups in total. The summed E-state index contributed by atoms with van der Waals surface area (Å²) in [5, 5.41) is 8.72. The van der Waals surface area contributed by atoms with Crippen LogP contribution in [0, 0.1) is 23.0 Å². The largest absolute Gasteiger partial charge is 0.207 e. The molecule has 0 bridgehead atoms. The Morgan fingerprint density at radius 2 is 1.92 bits per heavy atom. The molecule has 0 fully saturated rings. The quantitative estimate of drug-likeness (QED) is 0.653. The monoisotopic (exact) mass is 181 g/mol. The van der Waals surface area contributed by atoms with Gasteiger partial charge in [-0.25, -0.2) is 8.78 Å². The smallest absolute Gasteiger partial charge is 0.128 e. The van der Waals surface area contributed by atoms with Crippen LogP contribution >= 0.6 is 0 Å². The molecule has 1 aromatic carbocycles. The standard InChI is InChI=1S/C10H9F2N/c1-10(2,6-13)8-5-7(11)3-4-9(8)12/h3-5H,1-2H3. The third-order valence-corrected chi connectivity index (χ3v) is 1.88. The van der Waals surface area contributed by atoms with E-state index in [1.165, 1.54) is 0 Å². The summed E-state index contributed by atoms with van der Waals surface area (Å²) in [7, 11) is 0. The van der Waals surface area contributed by atoms with Crippen molar-refractivity contribution in [3.05, 3.63) is 35.4 Å². The van der Waals surface area contributed by atoms with Gasteiger partial charge in [0.2, 0.25) is 0 Å². The van der Waals surface area contributed by atoms with Crippen molar-refractivity contribution in [2.45, 2.75) is 19.3 Å². The van der Waals surface area contributed by atoms with Gasteiger partial charge >= 0.3 is 0 Å². The normalized spacial score (nSPS) is 11.0. The van der Waals surface area contributed by atoms with Gasteiger partial charge in [0.25, 0.3) is 0 Å². The van der Waals surface area contributed by atoms with Gasteiger partial charge in [0.15, 0.2) is 0 Å². The predicted molar refractivity (Wildman–Crippen MR) is 45.0 cm³/mol. The highest BCUT2D eigenvalue weighted by molar-refractivity contribution is 5.31. The van der Waals surface area contributed by atoms with E-state index < -0.39 is 17.0 Å². The Kier molecular flexibility index (Phi) is 2.33. The highest BCUT2D eigenvalue weighted by atomic mass is 19.1. The summed E-state index contributed by atoms with van der Waals surface area (Å²) in [5.41, 5.74) is -0.901. The Bertz CT molecular complexity index is 364. The van der Waals surface area contributed by atoms with Crippen molar-refractivity contribution in [3.63, 3.8) is 0 Å². The lowest BCUT2D eigenvalue weighted by Crippen LogP contribution is -2.16. The average Bonchev–Trinajstić information content (AvgIpc) is 2.09. The van der Waals surface area contributed by atoms with Crippen molar-refractivity contribution >= 4 is 0 Å². The fraction of sp³-hybridized carbons (Fsp3) is 0.300. The van der Waals surface area contributed by atoms with Gasteiger partial charge in [0.05, 0.1) is 11.5 Å². The second-order valence-corrected chi connectivity index (χ2v) is 3.36.